The molecule has 0 radical (unpaired) electrons. The number of hydrogen-bond acceptors (Lipinski definition) is 2. The predicted molar refractivity (Wildman–Crippen MR) is 79.5 cm³/mol. The summed E-state index contributed by atoms with van der Waals surface area (Å²) in [4.78, 5) is 4.30. The van der Waals surface area contributed by atoms with Crippen LogP contribution in [0.5, 0.6) is 5.75 Å². The van der Waals surface area contributed by atoms with Gasteiger partial charge in [-0.1, -0.05) is 12.1 Å². The number of phenolic OH excluding ortho intramolecular Hbond substituents is 1. The van der Waals surface area contributed by atoms with Crippen molar-refractivity contribution in [2.75, 3.05) is 0 Å². The molecule has 0 spiro atoms. The van der Waals surface area contributed by atoms with Crippen LogP contribution in [-0.4, -0.2) is 10.1 Å². The third-order valence-corrected chi connectivity index (χ3v) is 3.88. The van der Waals surface area contributed by atoms with Gasteiger partial charge in [0.15, 0.2) is 0 Å². The monoisotopic (exact) mass is 453 g/mol. The topological polar surface area (TPSA) is 33.1 Å². The van der Waals surface area contributed by atoms with E-state index in [1.54, 1.807) is 12.1 Å². The summed E-state index contributed by atoms with van der Waals surface area (Å²) in [6.07, 6.45) is 0. The number of nitrogens with zero attached hydrogens (tertiary/aromatic N) is 1. The summed E-state index contributed by atoms with van der Waals surface area (Å²) in [7, 11) is 0. The lowest BCUT2D eigenvalue weighted by Crippen LogP contribution is -1.89. The quantitative estimate of drug-likeness (QED) is 0.505. The Labute approximate surface area is 123 Å². The maximum Gasteiger partial charge on any atom is 0.116 e. The molecule has 82 valence electrons. The molecule has 0 fully saturated rings. The number of hydrogen-bond donors (Lipinski definition) is 1. The summed E-state index contributed by atoms with van der Waals surface area (Å²) >= 11 is 9.05. The zero-order valence-corrected chi connectivity index (χ0v) is 13.2. The fraction of sp³-hybridized carbons (Fsp3) is 0. The molecule has 2 nitrogen and oxygen atoms in total. The van der Waals surface area contributed by atoms with Crippen molar-refractivity contribution in [1.29, 1.82) is 0 Å². The Morgan fingerprint density at radius 3 is 2.31 bits per heavy atom. The third kappa shape index (κ3) is 2.57. The SMILES string of the molecule is Oc1ccc(-c2c(I)cc(Br)nc2Br)cc1. The van der Waals surface area contributed by atoms with E-state index in [-0.39, 0.29) is 5.75 Å². The highest BCUT2D eigenvalue weighted by molar-refractivity contribution is 14.1. The van der Waals surface area contributed by atoms with Crippen molar-refractivity contribution in [3.63, 3.8) is 0 Å². The van der Waals surface area contributed by atoms with Gasteiger partial charge in [-0.05, 0) is 78.2 Å². The van der Waals surface area contributed by atoms with Crippen molar-refractivity contribution < 1.29 is 5.11 Å². The maximum absolute atomic E-state index is 9.25. The van der Waals surface area contributed by atoms with Crippen molar-refractivity contribution in [2.45, 2.75) is 0 Å². The van der Waals surface area contributed by atoms with Crippen molar-refractivity contribution >= 4 is 54.5 Å². The van der Waals surface area contributed by atoms with Gasteiger partial charge in [-0.15, -0.1) is 0 Å². The minimum absolute atomic E-state index is 0.264. The molecule has 0 unspecified atom stereocenters. The average molecular weight is 455 g/mol. The van der Waals surface area contributed by atoms with Crippen LogP contribution in [0.1, 0.15) is 0 Å². The molecule has 16 heavy (non-hydrogen) atoms. The van der Waals surface area contributed by atoms with Gasteiger partial charge in [0.25, 0.3) is 0 Å². The molecule has 2 rings (SSSR count). The van der Waals surface area contributed by atoms with E-state index < -0.39 is 0 Å². The molecule has 0 aliphatic heterocycles. The number of halogens is 3. The fourth-order valence-corrected chi connectivity index (χ4v) is 4.28. The third-order valence-electron chi connectivity index (χ3n) is 2.05. The molecule has 1 N–H and O–H groups in total. The summed E-state index contributed by atoms with van der Waals surface area (Å²) in [6, 6.07) is 9.02. The zero-order valence-electron chi connectivity index (χ0n) is 7.92. The molecule has 0 aliphatic rings. The second-order valence-electron chi connectivity index (χ2n) is 3.14. The van der Waals surface area contributed by atoms with Crippen LogP contribution in [-0.2, 0) is 0 Å². The van der Waals surface area contributed by atoms with E-state index in [0.717, 1.165) is 23.9 Å². The van der Waals surface area contributed by atoms with Gasteiger partial charge >= 0.3 is 0 Å². The van der Waals surface area contributed by atoms with Gasteiger partial charge in [-0.3, -0.25) is 0 Å². The van der Waals surface area contributed by atoms with Crippen LogP contribution in [0.3, 0.4) is 0 Å². The Hall–Kier alpha value is -0.140. The van der Waals surface area contributed by atoms with Crippen molar-refractivity contribution in [3.8, 4) is 16.9 Å². The van der Waals surface area contributed by atoms with E-state index in [1.807, 2.05) is 18.2 Å². The van der Waals surface area contributed by atoms with Crippen molar-refractivity contribution in [1.82, 2.24) is 4.98 Å². The van der Waals surface area contributed by atoms with E-state index in [4.69, 9.17) is 0 Å². The molecule has 0 aliphatic carbocycles. The zero-order chi connectivity index (χ0) is 11.7. The normalized spacial score (nSPS) is 10.4. The number of pyridine rings is 1. The summed E-state index contributed by atoms with van der Waals surface area (Å²) in [5.74, 6) is 0.264. The largest absolute Gasteiger partial charge is 0.508 e. The second-order valence-corrected chi connectivity index (χ2v) is 5.87. The Kier molecular flexibility index (Phi) is 3.86. The minimum atomic E-state index is 0.264. The van der Waals surface area contributed by atoms with Crippen molar-refractivity contribution in [3.05, 3.63) is 43.1 Å². The first kappa shape index (κ1) is 12.3. The van der Waals surface area contributed by atoms with Gasteiger partial charge in [0, 0.05) is 9.13 Å². The number of benzene rings is 1. The van der Waals surface area contributed by atoms with Gasteiger partial charge in [0.05, 0.1) is 0 Å². The summed E-state index contributed by atoms with van der Waals surface area (Å²) in [5.41, 5.74) is 2.05. The first-order valence-corrected chi connectivity index (χ1v) is 7.05. The Morgan fingerprint density at radius 2 is 1.75 bits per heavy atom. The Bertz CT molecular complexity index is 505. The Balaban J connectivity index is 2.60. The van der Waals surface area contributed by atoms with Gasteiger partial charge < -0.3 is 5.11 Å². The van der Waals surface area contributed by atoms with Crippen molar-refractivity contribution in [2.24, 2.45) is 0 Å². The first-order valence-electron chi connectivity index (χ1n) is 4.39. The fourth-order valence-electron chi connectivity index (χ4n) is 1.34. The van der Waals surface area contributed by atoms with E-state index in [1.165, 1.54) is 0 Å². The molecule has 2 aromatic rings. The summed E-state index contributed by atoms with van der Waals surface area (Å²) in [6.45, 7) is 0. The van der Waals surface area contributed by atoms with E-state index >= 15 is 0 Å². The van der Waals surface area contributed by atoms with E-state index in [2.05, 4.69) is 59.4 Å². The van der Waals surface area contributed by atoms with Crippen LogP contribution >= 0.6 is 54.5 Å². The molecule has 0 atom stereocenters. The molecular formula is C11H6Br2INO. The van der Waals surface area contributed by atoms with Crippen LogP contribution < -0.4 is 0 Å². The molecule has 0 saturated carbocycles. The molecule has 0 amide bonds. The number of rotatable bonds is 1. The minimum Gasteiger partial charge on any atom is -0.508 e. The highest BCUT2D eigenvalue weighted by atomic mass is 127. The number of aromatic hydroxyl groups is 1. The molecule has 0 bridgehead atoms. The maximum atomic E-state index is 9.25. The van der Waals surface area contributed by atoms with E-state index in [9.17, 15) is 5.11 Å². The number of aromatic nitrogens is 1. The highest BCUT2D eigenvalue weighted by Crippen LogP contribution is 2.33. The molecule has 0 saturated heterocycles. The highest BCUT2D eigenvalue weighted by Gasteiger charge is 2.10. The molecule has 1 aromatic carbocycles. The van der Waals surface area contributed by atoms with Crippen LogP contribution in [0.2, 0.25) is 0 Å². The molecule has 1 aromatic heterocycles. The van der Waals surface area contributed by atoms with Gasteiger partial charge in [0.2, 0.25) is 0 Å². The van der Waals surface area contributed by atoms with Crippen LogP contribution in [0.4, 0.5) is 0 Å². The predicted octanol–water partition coefficient (Wildman–Crippen LogP) is 4.58. The smallest absolute Gasteiger partial charge is 0.116 e. The van der Waals surface area contributed by atoms with E-state index in [0.29, 0.717) is 0 Å². The lowest BCUT2D eigenvalue weighted by Gasteiger charge is -2.07. The standard InChI is InChI=1S/C11H6Br2INO/c12-9-5-8(14)10(11(13)15-9)6-1-3-7(16)4-2-6/h1-5,16H. The summed E-state index contributed by atoms with van der Waals surface area (Å²) in [5, 5.41) is 9.25. The number of phenols is 1. The molecule has 1 heterocycles. The second kappa shape index (κ2) is 5.01. The van der Waals surface area contributed by atoms with Crippen LogP contribution in [0, 0.1) is 3.57 Å². The van der Waals surface area contributed by atoms with Gasteiger partial charge in [-0.2, -0.15) is 0 Å². The molecular weight excluding hydrogens is 449 g/mol. The molecule has 5 heteroatoms. The average Bonchev–Trinajstić information content (AvgIpc) is 2.19. The Morgan fingerprint density at radius 1 is 1.12 bits per heavy atom. The first-order chi connectivity index (χ1) is 7.58. The lowest BCUT2D eigenvalue weighted by molar-refractivity contribution is 0.475. The lowest BCUT2D eigenvalue weighted by atomic mass is 10.1. The van der Waals surface area contributed by atoms with Gasteiger partial charge in [0.1, 0.15) is 15.0 Å². The van der Waals surface area contributed by atoms with Crippen LogP contribution in [0.25, 0.3) is 11.1 Å². The van der Waals surface area contributed by atoms with Gasteiger partial charge in [-0.25, -0.2) is 4.98 Å². The van der Waals surface area contributed by atoms with Crippen LogP contribution in [0.15, 0.2) is 39.5 Å². The summed E-state index contributed by atoms with van der Waals surface area (Å²) < 4.78 is 2.68.